The zero-order valence-corrected chi connectivity index (χ0v) is 20.3. The number of Topliss-reactive ketones (excluding diaryl/α,β-unsaturated/α-hetero) is 1. The van der Waals surface area contributed by atoms with Crippen molar-refractivity contribution < 1.29 is 9.18 Å². The first-order valence-electron chi connectivity index (χ1n) is 9.86. The van der Waals surface area contributed by atoms with Crippen LogP contribution >= 0.6 is 15.9 Å². The number of carbonyl (C=O) groups is 1. The highest BCUT2D eigenvalue weighted by Crippen LogP contribution is 2.15. The SMILES string of the molecule is CC(C)C.CCC(=O)C(C)CC.CCC(C)C.Cc1ccc(F)c(Br)c1. The molecule has 0 fully saturated rings. The summed E-state index contributed by atoms with van der Waals surface area (Å²) in [6.45, 7) is 21.0. The zero-order valence-electron chi connectivity index (χ0n) is 18.7. The summed E-state index contributed by atoms with van der Waals surface area (Å²) < 4.78 is 13.0. The predicted octanol–water partition coefficient (Wildman–Crippen LogP) is 8.62. The molecule has 154 valence electrons. The lowest BCUT2D eigenvalue weighted by molar-refractivity contribution is -0.122. The van der Waals surface area contributed by atoms with E-state index in [1.165, 1.54) is 12.5 Å². The smallest absolute Gasteiger partial charge is 0.137 e. The van der Waals surface area contributed by atoms with Crippen LogP contribution in [0, 0.1) is 30.5 Å². The van der Waals surface area contributed by atoms with Gasteiger partial charge in [-0.1, -0.05) is 74.8 Å². The maximum absolute atomic E-state index is 12.5. The molecule has 0 saturated heterocycles. The summed E-state index contributed by atoms with van der Waals surface area (Å²) in [5.41, 5.74) is 1.06. The van der Waals surface area contributed by atoms with E-state index in [4.69, 9.17) is 0 Å². The molecule has 1 atom stereocenters. The summed E-state index contributed by atoms with van der Waals surface area (Å²) in [5.74, 6) is 2.17. The Bertz CT molecular complexity index is 453. The first-order chi connectivity index (χ1) is 11.9. The highest BCUT2D eigenvalue weighted by Gasteiger charge is 2.05. The Labute approximate surface area is 171 Å². The molecule has 1 aromatic carbocycles. The number of rotatable bonds is 4. The minimum absolute atomic E-state index is 0.208. The van der Waals surface area contributed by atoms with Gasteiger partial charge >= 0.3 is 0 Å². The quantitative estimate of drug-likeness (QED) is 0.464. The summed E-state index contributed by atoms with van der Waals surface area (Å²) >= 11 is 3.07. The van der Waals surface area contributed by atoms with Gasteiger partial charge in [0.2, 0.25) is 0 Å². The fourth-order valence-electron chi connectivity index (χ4n) is 1.18. The van der Waals surface area contributed by atoms with Crippen molar-refractivity contribution in [3.8, 4) is 0 Å². The van der Waals surface area contributed by atoms with Crippen molar-refractivity contribution in [3.63, 3.8) is 0 Å². The highest BCUT2D eigenvalue weighted by atomic mass is 79.9. The molecule has 0 amide bonds. The predicted molar refractivity (Wildman–Crippen MR) is 119 cm³/mol. The molecule has 0 spiro atoms. The van der Waals surface area contributed by atoms with Gasteiger partial charge in [0.05, 0.1) is 4.47 Å². The monoisotopic (exact) mass is 432 g/mol. The molecule has 1 unspecified atom stereocenters. The van der Waals surface area contributed by atoms with Crippen molar-refractivity contribution in [2.45, 2.75) is 88.5 Å². The maximum Gasteiger partial charge on any atom is 0.137 e. The molecule has 3 heteroatoms. The Hall–Kier alpha value is -0.700. The van der Waals surface area contributed by atoms with Crippen LogP contribution in [0.3, 0.4) is 0 Å². The number of benzene rings is 1. The third-order valence-electron chi connectivity index (χ3n) is 3.40. The number of hydrogen-bond acceptors (Lipinski definition) is 1. The second-order valence-corrected chi connectivity index (χ2v) is 8.44. The van der Waals surface area contributed by atoms with Crippen molar-refractivity contribution in [1.82, 2.24) is 0 Å². The molecule has 0 heterocycles. The van der Waals surface area contributed by atoms with Crippen molar-refractivity contribution >= 4 is 21.7 Å². The lowest BCUT2D eigenvalue weighted by Gasteiger charge is -2.02. The van der Waals surface area contributed by atoms with Gasteiger partial charge < -0.3 is 0 Å². The summed E-state index contributed by atoms with van der Waals surface area (Å²) in [6, 6.07) is 4.93. The van der Waals surface area contributed by atoms with E-state index in [9.17, 15) is 9.18 Å². The number of ketones is 1. The second kappa shape index (κ2) is 19.1. The number of hydrogen-bond donors (Lipinski definition) is 0. The van der Waals surface area contributed by atoms with E-state index in [-0.39, 0.29) is 11.7 Å². The fraction of sp³-hybridized carbons (Fsp3) is 0.696. The topological polar surface area (TPSA) is 17.1 Å². The summed E-state index contributed by atoms with van der Waals surface area (Å²) in [4.78, 5) is 10.7. The van der Waals surface area contributed by atoms with Crippen LogP contribution in [-0.2, 0) is 4.79 Å². The van der Waals surface area contributed by atoms with Gasteiger partial charge in [-0.15, -0.1) is 0 Å². The minimum atomic E-state index is -0.208. The molecule has 0 aliphatic heterocycles. The number of carbonyl (C=O) groups excluding carboxylic acids is 1. The second-order valence-electron chi connectivity index (χ2n) is 7.58. The molecule has 0 saturated carbocycles. The summed E-state index contributed by atoms with van der Waals surface area (Å²) in [5, 5.41) is 0. The first kappa shape index (κ1) is 30.0. The van der Waals surface area contributed by atoms with Crippen LogP contribution in [0.4, 0.5) is 4.39 Å². The Morgan fingerprint density at radius 3 is 1.62 bits per heavy atom. The highest BCUT2D eigenvalue weighted by molar-refractivity contribution is 9.10. The van der Waals surface area contributed by atoms with Gasteiger partial charge in [-0.2, -0.15) is 0 Å². The Kier molecular flexibility index (Phi) is 22.0. The molecule has 0 radical (unpaired) electrons. The Balaban J connectivity index is -0.000000286. The third-order valence-corrected chi connectivity index (χ3v) is 4.01. The fourth-order valence-corrected chi connectivity index (χ4v) is 1.67. The molecule has 1 rings (SSSR count). The van der Waals surface area contributed by atoms with Crippen molar-refractivity contribution in [1.29, 1.82) is 0 Å². The molecule has 0 aromatic heterocycles. The van der Waals surface area contributed by atoms with Gasteiger partial charge in [0.15, 0.2) is 0 Å². The van der Waals surface area contributed by atoms with Crippen LogP contribution in [0.1, 0.15) is 87.1 Å². The van der Waals surface area contributed by atoms with Crippen molar-refractivity contribution in [2.75, 3.05) is 0 Å². The van der Waals surface area contributed by atoms with Gasteiger partial charge in [-0.05, 0) is 58.8 Å². The standard InChI is InChI=1S/C7H6BrF.C7H14O.C5H12.C4H10/c1-5-2-3-7(9)6(8)4-5;1-4-6(3)7(8)5-2;1-4-5(2)3;1-4(2)3/h2-4H,1H3;6H,4-5H2,1-3H3;5H,4H2,1-3H3;4H,1-3H3. The van der Waals surface area contributed by atoms with E-state index < -0.39 is 0 Å². The molecular weight excluding hydrogens is 391 g/mol. The van der Waals surface area contributed by atoms with Crippen LogP contribution < -0.4 is 0 Å². The average molecular weight is 433 g/mol. The molecule has 1 nitrogen and oxygen atoms in total. The Morgan fingerprint density at radius 2 is 1.42 bits per heavy atom. The van der Waals surface area contributed by atoms with Crippen LogP contribution in [0.2, 0.25) is 0 Å². The van der Waals surface area contributed by atoms with Crippen molar-refractivity contribution in [3.05, 3.63) is 34.1 Å². The normalized spacial score (nSPS) is 10.7. The zero-order chi connectivity index (χ0) is 21.3. The lowest BCUT2D eigenvalue weighted by Crippen LogP contribution is -2.06. The van der Waals surface area contributed by atoms with Crippen LogP contribution in [0.5, 0.6) is 0 Å². The van der Waals surface area contributed by atoms with E-state index in [1.807, 2.05) is 27.7 Å². The van der Waals surface area contributed by atoms with Crippen molar-refractivity contribution in [2.24, 2.45) is 17.8 Å². The molecule has 0 aliphatic rings. The lowest BCUT2D eigenvalue weighted by atomic mass is 10.0. The minimum Gasteiger partial charge on any atom is -0.299 e. The molecule has 1 aromatic rings. The van der Waals surface area contributed by atoms with E-state index in [0.29, 0.717) is 16.7 Å². The number of aryl methyl sites for hydroxylation is 1. The first-order valence-corrected chi connectivity index (χ1v) is 10.7. The van der Waals surface area contributed by atoms with Crippen LogP contribution in [0.15, 0.2) is 22.7 Å². The molecular formula is C23H42BrFO. The average Bonchev–Trinajstić information content (AvgIpc) is 2.57. The summed E-state index contributed by atoms with van der Waals surface area (Å²) in [6.07, 6.45) is 2.97. The Morgan fingerprint density at radius 1 is 1.00 bits per heavy atom. The number of halogens is 2. The van der Waals surface area contributed by atoms with E-state index >= 15 is 0 Å². The van der Waals surface area contributed by atoms with Gasteiger partial charge in [0.25, 0.3) is 0 Å². The van der Waals surface area contributed by atoms with E-state index in [2.05, 4.69) is 57.5 Å². The van der Waals surface area contributed by atoms with Gasteiger partial charge in [-0.3, -0.25) is 4.79 Å². The van der Waals surface area contributed by atoms with E-state index in [0.717, 1.165) is 23.8 Å². The molecule has 0 bridgehead atoms. The summed E-state index contributed by atoms with van der Waals surface area (Å²) in [7, 11) is 0. The van der Waals surface area contributed by atoms with Gasteiger partial charge in [0.1, 0.15) is 11.6 Å². The molecule has 0 N–H and O–H groups in total. The molecule has 26 heavy (non-hydrogen) atoms. The van der Waals surface area contributed by atoms with Gasteiger partial charge in [0, 0.05) is 12.3 Å². The third kappa shape index (κ3) is 23.3. The van der Waals surface area contributed by atoms with Crippen LogP contribution in [0.25, 0.3) is 0 Å². The van der Waals surface area contributed by atoms with Gasteiger partial charge in [-0.25, -0.2) is 4.39 Å². The van der Waals surface area contributed by atoms with Crippen LogP contribution in [-0.4, -0.2) is 5.78 Å². The maximum atomic E-state index is 12.5. The molecule has 0 aliphatic carbocycles. The van der Waals surface area contributed by atoms with E-state index in [1.54, 1.807) is 12.1 Å². The largest absolute Gasteiger partial charge is 0.299 e.